The van der Waals surface area contributed by atoms with Gasteiger partial charge in [0.05, 0.1) is 56.6 Å². The van der Waals surface area contributed by atoms with Crippen LogP contribution in [0.15, 0.2) is 28.9 Å². The second kappa shape index (κ2) is 9.47. The summed E-state index contributed by atoms with van der Waals surface area (Å²) < 4.78 is 4.80. The van der Waals surface area contributed by atoms with Crippen molar-refractivity contribution in [2.75, 3.05) is 5.32 Å². The normalized spacial score (nSPS) is 11.0. The lowest BCUT2D eigenvalue weighted by Gasteiger charge is -2.12. The molecule has 0 atom stereocenters. The number of benzene rings is 1. The highest BCUT2D eigenvalue weighted by molar-refractivity contribution is 9.10. The molecule has 0 saturated carbocycles. The van der Waals surface area contributed by atoms with Crippen LogP contribution in [0.4, 0.5) is 5.69 Å². The van der Waals surface area contributed by atoms with Gasteiger partial charge in [0.15, 0.2) is 5.11 Å². The van der Waals surface area contributed by atoms with Gasteiger partial charge in [-0.15, -0.1) is 0 Å². The molecule has 0 bridgehead atoms. The molecule has 6 nitrogen and oxygen atoms in total. The Bertz CT molecular complexity index is 1050. The van der Waals surface area contributed by atoms with Crippen LogP contribution in [-0.4, -0.2) is 24.7 Å². The first kappa shape index (κ1) is 22.1. The van der Waals surface area contributed by atoms with E-state index in [2.05, 4.69) is 43.7 Å². The molecule has 0 aliphatic rings. The molecule has 2 N–H and O–H groups in total. The van der Waals surface area contributed by atoms with Crippen LogP contribution in [0.1, 0.15) is 29.6 Å². The van der Waals surface area contributed by atoms with Crippen LogP contribution in [0.2, 0.25) is 10.0 Å². The molecule has 2 aromatic heterocycles. The third kappa shape index (κ3) is 5.12. The van der Waals surface area contributed by atoms with Crippen molar-refractivity contribution >= 4 is 62.1 Å². The van der Waals surface area contributed by atoms with Crippen molar-refractivity contribution in [3.8, 4) is 0 Å². The summed E-state index contributed by atoms with van der Waals surface area (Å²) in [6.45, 7) is 7.96. The first-order valence-corrected chi connectivity index (χ1v) is 11.0. The predicted molar refractivity (Wildman–Crippen MR) is 126 cm³/mol. The number of nitrogens with zero attached hydrogens (tertiary/aromatic N) is 4. The minimum absolute atomic E-state index is 0.529. The molecule has 10 heteroatoms. The lowest BCUT2D eigenvalue weighted by atomic mass is 10.2. The third-order valence-corrected chi connectivity index (χ3v) is 6.20. The van der Waals surface area contributed by atoms with Gasteiger partial charge in [0, 0.05) is 6.54 Å². The second-order valence-corrected chi connectivity index (χ2v) is 8.59. The van der Waals surface area contributed by atoms with E-state index in [4.69, 9.17) is 35.4 Å². The Balaban J connectivity index is 1.68. The third-order valence-electron chi connectivity index (χ3n) is 4.55. The first-order chi connectivity index (χ1) is 13.8. The number of aryl methyl sites for hydroxylation is 2. The van der Waals surface area contributed by atoms with Gasteiger partial charge in [-0.1, -0.05) is 29.3 Å². The summed E-state index contributed by atoms with van der Waals surface area (Å²) in [6, 6.07) is 5.59. The molecule has 154 valence electrons. The van der Waals surface area contributed by atoms with Gasteiger partial charge < -0.3 is 10.6 Å². The van der Waals surface area contributed by atoms with E-state index in [1.807, 2.05) is 35.3 Å². The topological polar surface area (TPSA) is 59.7 Å². The van der Waals surface area contributed by atoms with Crippen LogP contribution < -0.4 is 10.6 Å². The number of aromatic nitrogens is 4. The zero-order valence-corrected chi connectivity index (χ0v) is 20.2. The lowest BCUT2D eigenvalue weighted by Crippen LogP contribution is -2.29. The molecule has 0 aliphatic heterocycles. The predicted octanol–water partition coefficient (Wildman–Crippen LogP) is 5.32. The molecule has 0 spiro atoms. The fourth-order valence-corrected chi connectivity index (χ4v) is 3.93. The molecule has 0 unspecified atom stereocenters. The highest BCUT2D eigenvalue weighted by Crippen LogP contribution is 2.25. The van der Waals surface area contributed by atoms with E-state index in [-0.39, 0.29) is 0 Å². The van der Waals surface area contributed by atoms with Gasteiger partial charge in [0.25, 0.3) is 0 Å². The average Bonchev–Trinajstić information content (AvgIpc) is 3.17. The van der Waals surface area contributed by atoms with Crippen molar-refractivity contribution in [1.82, 2.24) is 24.9 Å². The summed E-state index contributed by atoms with van der Waals surface area (Å²) in [6.07, 6.45) is 1.79. The van der Waals surface area contributed by atoms with Gasteiger partial charge in [-0.25, -0.2) is 0 Å². The van der Waals surface area contributed by atoms with E-state index in [1.54, 1.807) is 12.3 Å². The number of nitrogens with one attached hydrogen (secondary N) is 2. The maximum Gasteiger partial charge on any atom is 0.171 e. The number of thiocarbonyl (C=S) groups is 1. The number of halogens is 3. The van der Waals surface area contributed by atoms with Crippen molar-refractivity contribution in [3.63, 3.8) is 0 Å². The molecule has 0 saturated heterocycles. The van der Waals surface area contributed by atoms with Crippen LogP contribution in [-0.2, 0) is 19.6 Å². The van der Waals surface area contributed by atoms with Crippen LogP contribution in [0.3, 0.4) is 0 Å². The van der Waals surface area contributed by atoms with Gasteiger partial charge >= 0.3 is 0 Å². The standard InChI is InChI=1S/C19H21BrCl2N6S/c1-4-27-17(14(20)8-24-27)9-23-19(29)25-18-11(2)26-28(12(18)3)10-13-5-6-15(21)16(22)7-13/h5-8H,4,9-10H2,1-3H3,(H2,23,25,29). The van der Waals surface area contributed by atoms with Crippen LogP contribution in [0, 0.1) is 13.8 Å². The summed E-state index contributed by atoms with van der Waals surface area (Å²) in [4.78, 5) is 0. The Morgan fingerprint density at radius 1 is 1.21 bits per heavy atom. The van der Waals surface area contributed by atoms with Gasteiger partial charge in [0.2, 0.25) is 0 Å². The highest BCUT2D eigenvalue weighted by atomic mass is 79.9. The van der Waals surface area contributed by atoms with Gasteiger partial charge in [-0.2, -0.15) is 10.2 Å². The first-order valence-electron chi connectivity index (χ1n) is 9.03. The van der Waals surface area contributed by atoms with Crippen LogP contribution in [0.25, 0.3) is 0 Å². The van der Waals surface area contributed by atoms with E-state index in [9.17, 15) is 0 Å². The molecule has 1 aromatic carbocycles. The second-order valence-electron chi connectivity index (χ2n) is 6.51. The number of rotatable bonds is 6. The minimum Gasteiger partial charge on any atom is -0.357 e. The fraction of sp³-hybridized carbons (Fsp3) is 0.316. The van der Waals surface area contributed by atoms with Crippen LogP contribution in [0.5, 0.6) is 0 Å². The molecule has 29 heavy (non-hydrogen) atoms. The van der Waals surface area contributed by atoms with Gasteiger partial charge in [-0.05, 0) is 66.6 Å². The number of anilines is 1. The summed E-state index contributed by atoms with van der Waals surface area (Å²) >= 11 is 21.1. The molecule has 0 aliphatic carbocycles. The quantitative estimate of drug-likeness (QED) is 0.435. The average molecular weight is 516 g/mol. The van der Waals surface area contributed by atoms with Crippen LogP contribution >= 0.6 is 51.3 Å². The van der Waals surface area contributed by atoms with Crippen molar-refractivity contribution in [3.05, 3.63) is 61.6 Å². The van der Waals surface area contributed by atoms with Crippen molar-refractivity contribution in [2.45, 2.75) is 40.4 Å². The number of hydrogen-bond acceptors (Lipinski definition) is 3. The molecular formula is C19H21BrCl2N6S. The van der Waals surface area contributed by atoms with E-state index >= 15 is 0 Å². The molecular weight excluding hydrogens is 495 g/mol. The largest absolute Gasteiger partial charge is 0.357 e. The van der Waals surface area contributed by atoms with Crippen molar-refractivity contribution in [1.29, 1.82) is 0 Å². The Kier molecular flexibility index (Phi) is 7.21. The lowest BCUT2D eigenvalue weighted by molar-refractivity contribution is 0.613. The molecule has 3 rings (SSSR count). The molecule has 0 amide bonds. The smallest absolute Gasteiger partial charge is 0.171 e. The van der Waals surface area contributed by atoms with E-state index in [1.165, 1.54) is 0 Å². The molecule has 3 aromatic rings. The summed E-state index contributed by atoms with van der Waals surface area (Å²) in [5.41, 5.74) is 4.81. The Hall–Kier alpha value is -1.61. The van der Waals surface area contributed by atoms with Crippen molar-refractivity contribution in [2.24, 2.45) is 0 Å². The van der Waals surface area contributed by atoms with E-state index in [0.717, 1.165) is 39.4 Å². The zero-order chi connectivity index (χ0) is 21.1. The molecule has 2 heterocycles. The van der Waals surface area contributed by atoms with E-state index < -0.39 is 0 Å². The monoisotopic (exact) mass is 514 g/mol. The Morgan fingerprint density at radius 2 is 1.97 bits per heavy atom. The highest BCUT2D eigenvalue weighted by Gasteiger charge is 2.14. The molecule has 0 fully saturated rings. The fourth-order valence-electron chi connectivity index (χ4n) is 3.00. The van der Waals surface area contributed by atoms with Gasteiger partial charge in [0.1, 0.15) is 0 Å². The Morgan fingerprint density at radius 3 is 2.66 bits per heavy atom. The minimum atomic E-state index is 0.529. The van der Waals surface area contributed by atoms with E-state index in [0.29, 0.717) is 28.2 Å². The van der Waals surface area contributed by atoms with Crippen molar-refractivity contribution < 1.29 is 0 Å². The summed E-state index contributed by atoms with van der Waals surface area (Å²) in [5.74, 6) is 0. The zero-order valence-electron chi connectivity index (χ0n) is 16.3. The molecule has 0 radical (unpaired) electrons. The Labute approximate surface area is 193 Å². The maximum absolute atomic E-state index is 6.13. The summed E-state index contributed by atoms with van der Waals surface area (Å²) in [5, 5.41) is 17.1. The van der Waals surface area contributed by atoms with Gasteiger partial charge in [-0.3, -0.25) is 9.36 Å². The maximum atomic E-state index is 6.13. The number of hydrogen-bond donors (Lipinski definition) is 2. The SMILES string of the molecule is CCn1ncc(Br)c1CNC(=S)Nc1c(C)nn(Cc2ccc(Cl)c(Cl)c2)c1C. The summed E-state index contributed by atoms with van der Waals surface area (Å²) in [7, 11) is 0.